The van der Waals surface area contributed by atoms with Crippen molar-refractivity contribution in [1.29, 1.82) is 0 Å². The van der Waals surface area contributed by atoms with Crippen LogP contribution in [0.1, 0.15) is 4.88 Å². The summed E-state index contributed by atoms with van der Waals surface area (Å²) in [6.07, 6.45) is 0. The number of thiophene rings is 1. The molecule has 1 aliphatic rings. The third-order valence-electron chi connectivity index (χ3n) is 5.14. The number of nitrogens with one attached hydrogen (secondary N) is 1. The summed E-state index contributed by atoms with van der Waals surface area (Å²) in [6.45, 7) is 0. The largest absolute Gasteiger partial charge is 0.497 e. The molecule has 0 saturated carbocycles. The summed E-state index contributed by atoms with van der Waals surface area (Å²) in [4.78, 5) is 28.9. The van der Waals surface area contributed by atoms with Crippen molar-refractivity contribution in [3.63, 3.8) is 0 Å². The monoisotopic (exact) mass is 466 g/mol. The first kappa shape index (κ1) is 22.2. The fourth-order valence-corrected chi connectivity index (χ4v) is 4.31. The van der Waals surface area contributed by atoms with E-state index in [2.05, 4.69) is 5.32 Å². The van der Waals surface area contributed by atoms with Crippen molar-refractivity contribution >= 4 is 40.1 Å². The van der Waals surface area contributed by atoms with Crippen LogP contribution in [0, 0.1) is 0 Å². The number of methoxy groups -OCH3 is 4. The van der Waals surface area contributed by atoms with Crippen molar-refractivity contribution in [1.82, 2.24) is 0 Å². The van der Waals surface area contributed by atoms with Crippen LogP contribution in [0.4, 0.5) is 11.4 Å². The van der Waals surface area contributed by atoms with Gasteiger partial charge in [0.05, 0.1) is 45.4 Å². The van der Waals surface area contributed by atoms with Gasteiger partial charge in [0.1, 0.15) is 17.2 Å². The van der Waals surface area contributed by atoms with Crippen LogP contribution in [-0.4, -0.2) is 40.3 Å². The number of nitrogens with zero attached hydrogens (tertiary/aromatic N) is 1. The van der Waals surface area contributed by atoms with Crippen molar-refractivity contribution in [2.75, 3.05) is 38.7 Å². The fraction of sp³-hybridized carbons (Fsp3) is 0.167. The van der Waals surface area contributed by atoms with Gasteiger partial charge in [-0.15, -0.1) is 11.3 Å². The molecule has 0 saturated heterocycles. The molecule has 3 aromatic rings. The third kappa shape index (κ3) is 3.98. The first-order valence-electron chi connectivity index (χ1n) is 9.90. The number of carbonyl (C=O) groups excluding carboxylic acids is 2. The van der Waals surface area contributed by atoms with E-state index in [-0.39, 0.29) is 11.3 Å². The van der Waals surface area contributed by atoms with Crippen molar-refractivity contribution in [3.8, 4) is 23.0 Å². The van der Waals surface area contributed by atoms with Gasteiger partial charge in [-0.2, -0.15) is 0 Å². The molecule has 0 atom stereocenters. The number of hydrogen-bond acceptors (Lipinski definition) is 8. The molecule has 1 N–H and O–H groups in total. The van der Waals surface area contributed by atoms with Crippen LogP contribution in [0.2, 0.25) is 0 Å². The molecule has 1 aliphatic heterocycles. The van der Waals surface area contributed by atoms with Gasteiger partial charge >= 0.3 is 0 Å². The van der Waals surface area contributed by atoms with Gasteiger partial charge in [-0.3, -0.25) is 9.59 Å². The minimum absolute atomic E-state index is 0.142. The van der Waals surface area contributed by atoms with Gasteiger partial charge in [0.2, 0.25) is 0 Å². The SMILES string of the molecule is COc1ccc(OC)c(NC2=C(c3cccs3)C(=O)N(c3ccc(OC)c(OC)c3)C2=O)c1. The molecule has 1 aromatic heterocycles. The average molecular weight is 467 g/mol. The van der Waals surface area contributed by atoms with Crippen molar-refractivity contribution < 1.29 is 28.5 Å². The van der Waals surface area contributed by atoms with Crippen LogP contribution < -0.4 is 29.2 Å². The third-order valence-corrected chi connectivity index (χ3v) is 6.03. The molecule has 9 heteroatoms. The summed E-state index contributed by atoms with van der Waals surface area (Å²) < 4.78 is 21.4. The Balaban J connectivity index is 1.81. The molecule has 0 bridgehead atoms. The molecule has 4 rings (SSSR count). The van der Waals surface area contributed by atoms with Crippen LogP contribution in [0.15, 0.2) is 59.6 Å². The first-order chi connectivity index (χ1) is 16.0. The second-order valence-electron chi connectivity index (χ2n) is 6.90. The zero-order chi connectivity index (χ0) is 23.5. The zero-order valence-electron chi connectivity index (χ0n) is 18.5. The van der Waals surface area contributed by atoms with Gasteiger partial charge in [-0.25, -0.2) is 4.90 Å². The second kappa shape index (κ2) is 9.25. The highest BCUT2D eigenvalue weighted by Crippen LogP contribution is 2.40. The van der Waals surface area contributed by atoms with E-state index in [1.54, 1.807) is 49.6 Å². The van der Waals surface area contributed by atoms with E-state index in [1.807, 2.05) is 11.4 Å². The summed E-state index contributed by atoms with van der Waals surface area (Å²) in [5.41, 5.74) is 1.28. The minimum Gasteiger partial charge on any atom is -0.497 e. The summed E-state index contributed by atoms with van der Waals surface area (Å²) in [7, 11) is 6.08. The predicted molar refractivity (Wildman–Crippen MR) is 126 cm³/mol. The van der Waals surface area contributed by atoms with Crippen LogP contribution in [0.5, 0.6) is 23.0 Å². The first-order valence-corrected chi connectivity index (χ1v) is 10.8. The van der Waals surface area contributed by atoms with Crippen molar-refractivity contribution in [3.05, 3.63) is 64.5 Å². The molecule has 0 aliphatic carbocycles. The van der Waals surface area contributed by atoms with Crippen molar-refractivity contribution in [2.45, 2.75) is 0 Å². The Morgan fingerprint density at radius 2 is 1.52 bits per heavy atom. The van der Waals surface area contributed by atoms with Gasteiger partial charge in [-0.1, -0.05) is 6.07 Å². The number of amides is 2. The van der Waals surface area contributed by atoms with Gasteiger partial charge in [0.15, 0.2) is 11.5 Å². The quantitative estimate of drug-likeness (QED) is 0.499. The maximum Gasteiger partial charge on any atom is 0.282 e. The zero-order valence-corrected chi connectivity index (χ0v) is 19.3. The van der Waals surface area contributed by atoms with E-state index in [1.165, 1.54) is 32.7 Å². The molecular weight excluding hydrogens is 444 g/mol. The van der Waals surface area contributed by atoms with E-state index in [9.17, 15) is 9.59 Å². The number of anilines is 2. The highest BCUT2D eigenvalue weighted by atomic mass is 32.1. The highest BCUT2D eigenvalue weighted by molar-refractivity contribution is 7.11. The lowest BCUT2D eigenvalue weighted by Crippen LogP contribution is -2.32. The Morgan fingerprint density at radius 3 is 2.15 bits per heavy atom. The fourth-order valence-electron chi connectivity index (χ4n) is 3.54. The number of benzene rings is 2. The topological polar surface area (TPSA) is 86.3 Å². The normalized spacial score (nSPS) is 13.4. The van der Waals surface area contributed by atoms with Gasteiger partial charge in [0.25, 0.3) is 11.8 Å². The standard InChI is InChI=1S/C24H22N2O6S/c1-29-15-8-10-17(30-2)16(13-15)25-22-21(20-6-5-11-33-20)23(27)26(24(22)28)14-7-9-18(31-3)19(12-14)32-4/h5-13,25H,1-4H3. The van der Waals surface area contributed by atoms with Crippen LogP contribution in [0.25, 0.3) is 5.57 Å². The molecule has 33 heavy (non-hydrogen) atoms. The summed E-state index contributed by atoms with van der Waals surface area (Å²) in [6, 6.07) is 13.7. The molecule has 170 valence electrons. The number of carbonyl (C=O) groups is 2. The second-order valence-corrected chi connectivity index (χ2v) is 7.85. The van der Waals surface area contributed by atoms with Gasteiger partial charge in [0, 0.05) is 17.0 Å². The molecular formula is C24H22N2O6S. The summed E-state index contributed by atoms with van der Waals surface area (Å²) >= 11 is 1.37. The van der Waals surface area contributed by atoms with Gasteiger partial charge in [-0.05, 0) is 35.7 Å². The van der Waals surface area contributed by atoms with Crippen LogP contribution in [-0.2, 0) is 9.59 Å². The smallest absolute Gasteiger partial charge is 0.282 e. The number of ether oxygens (including phenoxy) is 4. The molecule has 8 nitrogen and oxygen atoms in total. The maximum atomic E-state index is 13.6. The Morgan fingerprint density at radius 1 is 0.788 bits per heavy atom. The Hall–Kier alpha value is -3.98. The van der Waals surface area contributed by atoms with E-state index in [0.717, 1.165) is 4.90 Å². The predicted octanol–water partition coefficient (Wildman–Crippen LogP) is 4.18. The molecule has 0 radical (unpaired) electrons. The summed E-state index contributed by atoms with van der Waals surface area (Å²) in [5.74, 6) is 1.03. The number of rotatable bonds is 8. The van der Waals surface area contributed by atoms with Crippen LogP contribution >= 0.6 is 11.3 Å². The van der Waals surface area contributed by atoms with E-state index >= 15 is 0 Å². The Bertz CT molecular complexity index is 1240. The Kier molecular flexibility index (Phi) is 6.23. The molecule has 2 aromatic carbocycles. The van der Waals surface area contributed by atoms with Crippen molar-refractivity contribution in [2.24, 2.45) is 0 Å². The molecule has 0 fully saturated rings. The number of imide groups is 1. The molecule has 2 heterocycles. The lowest BCUT2D eigenvalue weighted by Gasteiger charge is -2.18. The van der Waals surface area contributed by atoms with E-state index in [0.29, 0.717) is 39.2 Å². The summed E-state index contributed by atoms with van der Waals surface area (Å²) in [5, 5.41) is 4.97. The van der Waals surface area contributed by atoms with Gasteiger partial charge < -0.3 is 24.3 Å². The Labute approximate surface area is 194 Å². The minimum atomic E-state index is -0.500. The average Bonchev–Trinajstić information content (AvgIpc) is 3.45. The number of hydrogen-bond donors (Lipinski definition) is 1. The lowest BCUT2D eigenvalue weighted by molar-refractivity contribution is -0.120. The lowest BCUT2D eigenvalue weighted by atomic mass is 10.1. The van der Waals surface area contributed by atoms with E-state index < -0.39 is 11.8 Å². The molecule has 2 amide bonds. The van der Waals surface area contributed by atoms with Crippen LogP contribution in [0.3, 0.4) is 0 Å². The van der Waals surface area contributed by atoms with E-state index in [4.69, 9.17) is 18.9 Å². The maximum absolute atomic E-state index is 13.6. The highest BCUT2D eigenvalue weighted by Gasteiger charge is 2.41. The molecule has 0 unspecified atom stereocenters. The molecule has 0 spiro atoms.